The van der Waals surface area contributed by atoms with Crippen LogP contribution in [0.3, 0.4) is 0 Å². The molecule has 2 nitrogen and oxygen atoms in total. The molecule has 0 aromatic heterocycles. The third-order valence-electron chi connectivity index (χ3n) is 6.61. The van der Waals surface area contributed by atoms with Crippen LogP contribution in [0.15, 0.2) is 59.6 Å². The van der Waals surface area contributed by atoms with Gasteiger partial charge in [-0.3, -0.25) is 4.99 Å². The van der Waals surface area contributed by atoms with Crippen LogP contribution in [-0.4, -0.2) is 17.6 Å². The zero-order valence-electron chi connectivity index (χ0n) is 15.6. The van der Waals surface area contributed by atoms with Crippen molar-refractivity contribution >= 4 is 17.8 Å². The Morgan fingerprint density at radius 2 is 1.70 bits per heavy atom. The molecule has 4 fully saturated rings. The van der Waals surface area contributed by atoms with Crippen molar-refractivity contribution in [2.24, 2.45) is 22.2 Å². The predicted octanol–water partition coefficient (Wildman–Crippen LogP) is 6.48. The summed E-state index contributed by atoms with van der Waals surface area (Å²) in [5.41, 5.74) is 1.44. The summed E-state index contributed by atoms with van der Waals surface area (Å²) >= 11 is 6.95. The van der Waals surface area contributed by atoms with E-state index in [0.29, 0.717) is 5.41 Å². The summed E-state index contributed by atoms with van der Waals surface area (Å²) in [7, 11) is 0. The first kappa shape index (κ1) is 17.3. The fourth-order valence-electron chi connectivity index (χ4n) is 6.15. The molecule has 0 amide bonds. The van der Waals surface area contributed by atoms with E-state index >= 15 is 0 Å². The molecule has 0 spiro atoms. The van der Waals surface area contributed by atoms with E-state index in [9.17, 15) is 0 Å². The fourth-order valence-corrected chi connectivity index (χ4v) is 6.87. The summed E-state index contributed by atoms with van der Waals surface area (Å²) in [6, 6.07) is 18.0. The third kappa shape index (κ3) is 3.65. The van der Waals surface area contributed by atoms with Crippen LogP contribution in [0.4, 0.5) is 0 Å². The van der Waals surface area contributed by atoms with Crippen molar-refractivity contribution in [1.82, 2.24) is 0 Å². The highest BCUT2D eigenvalue weighted by Crippen LogP contribution is 2.63. The average molecular weight is 380 g/mol. The maximum atomic E-state index is 6.95. The second kappa shape index (κ2) is 6.67. The molecule has 0 aliphatic heterocycles. The van der Waals surface area contributed by atoms with Crippen LogP contribution in [0, 0.1) is 17.3 Å². The van der Waals surface area contributed by atoms with E-state index in [1.165, 1.54) is 32.1 Å². The summed E-state index contributed by atoms with van der Waals surface area (Å²) < 4.78 is 5.93. The Morgan fingerprint density at radius 1 is 0.963 bits per heavy atom. The van der Waals surface area contributed by atoms with E-state index in [4.69, 9.17) is 21.3 Å². The number of aliphatic imine (C=N–C) groups is 1. The van der Waals surface area contributed by atoms with Crippen molar-refractivity contribution in [1.29, 1.82) is 0 Å². The second-order valence-corrected chi connectivity index (χ2v) is 9.87. The SMILES string of the molecule is ClC12C[C@@H]3C[C@@H](C1)CC(CN=Cc1cccc(Oc4ccccc4)c1)(C3)C2. The Kier molecular flexibility index (Phi) is 4.27. The number of halogens is 1. The molecule has 27 heavy (non-hydrogen) atoms. The summed E-state index contributed by atoms with van der Waals surface area (Å²) in [4.78, 5) is 4.94. The van der Waals surface area contributed by atoms with Gasteiger partial charge in [0.2, 0.25) is 0 Å². The molecule has 4 aliphatic rings. The Hall–Kier alpha value is -1.80. The highest BCUT2D eigenvalue weighted by atomic mass is 35.5. The van der Waals surface area contributed by atoms with Crippen molar-refractivity contribution in [3.8, 4) is 11.5 Å². The third-order valence-corrected chi connectivity index (χ3v) is 7.06. The number of para-hydroxylation sites is 1. The minimum atomic E-state index is 0.0725. The van der Waals surface area contributed by atoms with Crippen LogP contribution in [-0.2, 0) is 0 Å². The van der Waals surface area contributed by atoms with E-state index < -0.39 is 0 Å². The zero-order chi connectivity index (χ0) is 18.3. The topological polar surface area (TPSA) is 21.6 Å². The van der Waals surface area contributed by atoms with Gasteiger partial charge >= 0.3 is 0 Å². The average Bonchev–Trinajstić information content (AvgIpc) is 2.61. The van der Waals surface area contributed by atoms with Crippen LogP contribution in [0.2, 0.25) is 0 Å². The minimum Gasteiger partial charge on any atom is -0.457 e. The molecule has 3 heteroatoms. The predicted molar refractivity (Wildman–Crippen MR) is 111 cm³/mol. The number of rotatable bonds is 5. The maximum Gasteiger partial charge on any atom is 0.128 e. The summed E-state index contributed by atoms with van der Waals surface area (Å²) in [5, 5.41) is 0. The number of hydrogen-bond acceptors (Lipinski definition) is 2. The molecule has 0 N–H and O–H groups in total. The molecule has 0 saturated heterocycles. The van der Waals surface area contributed by atoms with E-state index in [0.717, 1.165) is 41.9 Å². The van der Waals surface area contributed by atoms with E-state index in [1.54, 1.807) is 0 Å². The quantitative estimate of drug-likeness (QED) is 0.430. The summed E-state index contributed by atoms with van der Waals surface area (Å²) in [6.07, 6.45) is 9.68. The Labute approximate surface area is 166 Å². The van der Waals surface area contributed by atoms with Gasteiger partial charge in [0.05, 0.1) is 0 Å². The van der Waals surface area contributed by atoms with E-state index in [1.807, 2.05) is 48.7 Å². The van der Waals surface area contributed by atoms with Crippen molar-refractivity contribution in [2.45, 2.75) is 43.4 Å². The number of ether oxygens (including phenoxy) is 1. The molecule has 0 heterocycles. The largest absolute Gasteiger partial charge is 0.457 e. The van der Waals surface area contributed by atoms with Gasteiger partial charge in [-0.2, -0.15) is 0 Å². The Bertz CT molecular complexity index is 832. The van der Waals surface area contributed by atoms with Crippen molar-refractivity contribution < 1.29 is 4.74 Å². The van der Waals surface area contributed by atoms with Crippen LogP contribution in [0.5, 0.6) is 11.5 Å². The molecule has 6 rings (SSSR count). The van der Waals surface area contributed by atoms with Gasteiger partial charge in [0.1, 0.15) is 11.5 Å². The zero-order valence-corrected chi connectivity index (χ0v) is 16.4. The lowest BCUT2D eigenvalue weighted by molar-refractivity contribution is -0.0336. The van der Waals surface area contributed by atoms with Crippen molar-refractivity contribution in [3.05, 3.63) is 60.2 Å². The molecule has 2 aromatic carbocycles. The second-order valence-electron chi connectivity index (χ2n) is 9.07. The number of alkyl halides is 1. The highest BCUT2D eigenvalue weighted by molar-refractivity contribution is 6.24. The Balaban J connectivity index is 1.27. The van der Waals surface area contributed by atoms with Gasteiger partial charge in [0.25, 0.3) is 0 Å². The molecular formula is C24H26ClNO. The maximum absolute atomic E-state index is 6.95. The standard InChI is InChI=1S/C24H26ClNO/c25-24-13-19-9-20(14-24)12-23(11-19,16-24)17-26-15-18-5-4-8-22(10-18)27-21-6-2-1-3-7-21/h1-8,10,15,19-20H,9,11-14,16-17H2/t19-,20-,23?,24?/m1/s1. The van der Waals surface area contributed by atoms with E-state index in [2.05, 4.69) is 12.1 Å². The lowest BCUT2D eigenvalue weighted by atomic mass is 9.49. The van der Waals surface area contributed by atoms with Gasteiger partial charge in [-0.15, -0.1) is 11.6 Å². The van der Waals surface area contributed by atoms with Gasteiger partial charge in [0, 0.05) is 17.6 Å². The monoisotopic (exact) mass is 379 g/mol. The summed E-state index contributed by atoms with van der Waals surface area (Å²) in [6.45, 7) is 0.915. The number of hydrogen-bond donors (Lipinski definition) is 0. The number of benzene rings is 2. The van der Waals surface area contributed by atoms with Crippen LogP contribution >= 0.6 is 11.6 Å². The van der Waals surface area contributed by atoms with Gasteiger partial charge in [-0.1, -0.05) is 30.3 Å². The molecule has 4 saturated carbocycles. The summed E-state index contributed by atoms with van der Waals surface area (Å²) in [5.74, 6) is 3.37. The lowest BCUT2D eigenvalue weighted by Crippen LogP contribution is -2.54. The van der Waals surface area contributed by atoms with Crippen molar-refractivity contribution in [2.75, 3.05) is 6.54 Å². The van der Waals surface area contributed by atoms with Gasteiger partial charge in [-0.05, 0) is 85.6 Å². The molecule has 4 aliphatic carbocycles. The smallest absolute Gasteiger partial charge is 0.128 e. The van der Waals surface area contributed by atoms with Crippen LogP contribution < -0.4 is 4.74 Å². The van der Waals surface area contributed by atoms with E-state index in [-0.39, 0.29) is 4.87 Å². The molecule has 4 bridgehead atoms. The normalized spacial score (nSPS) is 34.3. The molecule has 0 radical (unpaired) electrons. The van der Waals surface area contributed by atoms with Gasteiger partial charge < -0.3 is 4.74 Å². The molecule has 2 aromatic rings. The molecule has 2 atom stereocenters. The lowest BCUT2D eigenvalue weighted by Gasteiger charge is -2.59. The highest BCUT2D eigenvalue weighted by Gasteiger charge is 2.56. The fraction of sp³-hybridized carbons (Fsp3) is 0.458. The van der Waals surface area contributed by atoms with Crippen LogP contribution in [0.25, 0.3) is 0 Å². The minimum absolute atomic E-state index is 0.0725. The molecular weight excluding hydrogens is 354 g/mol. The van der Waals surface area contributed by atoms with Crippen molar-refractivity contribution in [3.63, 3.8) is 0 Å². The molecule has 0 unspecified atom stereocenters. The van der Waals surface area contributed by atoms with Crippen LogP contribution in [0.1, 0.15) is 44.1 Å². The Morgan fingerprint density at radius 3 is 2.44 bits per heavy atom. The first-order chi connectivity index (χ1) is 13.1. The first-order valence-corrected chi connectivity index (χ1v) is 10.5. The first-order valence-electron chi connectivity index (χ1n) is 10.1. The van der Waals surface area contributed by atoms with Gasteiger partial charge in [-0.25, -0.2) is 0 Å². The number of nitrogens with zero attached hydrogens (tertiary/aromatic N) is 1. The van der Waals surface area contributed by atoms with Gasteiger partial charge in [0.15, 0.2) is 0 Å². The molecule has 140 valence electrons.